The molecule has 4 aromatic rings. The maximum Gasteiger partial charge on any atom is 0.243 e. The van der Waals surface area contributed by atoms with Crippen LogP contribution in [0.15, 0.2) is 108 Å². The minimum atomic E-state index is -3.74. The normalized spacial score (nSPS) is 11.5. The Morgan fingerprint density at radius 2 is 1.31 bits per heavy atom. The van der Waals surface area contributed by atoms with Crippen molar-refractivity contribution in [3.05, 3.63) is 115 Å². The monoisotopic (exact) mass is 485 g/mol. The van der Waals surface area contributed by atoms with E-state index in [1.54, 1.807) is 24.5 Å². The number of sulfonamides is 1. The predicted molar refractivity (Wildman–Crippen MR) is 143 cm³/mol. The van der Waals surface area contributed by atoms with Crippen LogP contribution in [-0.4, -0.2) is 30.8 Å². The van der Waals surface area contributed by atoms with Crippen LogP contribution in [0.1, 0.15) is 25.0 Å². The van der Waals surface area contributed by atoms with Gasteiger partial charge in [0.2, 0.25) is 10.0 Å². The lowest BCUT2D eigenvalue weighted by Gasteiger charge is -2.24. The third kappa shape index (κ3) is 5.96. The second-order valence-corrected chi connectivity index (χ2v) is 10.3. The Kier molecular flexibility index (Phi) is 7.95. The molecule has 4 rings (SSSR count). The Morgan fingerprint density at radius 3 is 1.91 bits per heavy atom. The Morgan fingerprint density at radius 1 is 0.686 bits per heavy atom. The van der Waals surface area contributed by atoms with Gasteiger partial charge in [0, 0.05) is 44.3 Å². The Bertz CT molecular complexity index is 1300. The van der Waals surface area contributed by atoms with Gasteiger partial charge in [-0.05, 0) is 66.4 Å². The minimum Gasteiger partial charge on any atom is -0.372 e. The topological polar surface area (TPSA) is 53.5 Å². The molecule has 0 atom stereocenters. The van der Waals surface area contributed by atoms with Crippen molar-refractivity contribution in [1.29, 1.82) is 0 Å². The van der Waals surface area contributed by atoms with Crippen molar-refractivity contribution in [1.82, 2.24) is 9.29 Å². The summed E-state index contributed by atoms with van der Waals surface area (Å²) in [6.45, 7) is 6.63. The highest BCUT2D eigenvalue weighted by Gasteiger charge is 2.25. The average molecular weight is 486 g/mol. The first-order valence-corrected chi connectivity index (χ1v) is 13.3. The number of hydrogen-bond acceptors (Lipinski definition) is 4. The van der Waals surface area contributed by atoms with Crippen molar-refractivity contribution in [2.24, 2.45) is 0 Å². The van der Waals surface area contributed by atoms with Crippen LogP contribution >= 0.6 is 0 Å². The third-order valence-corrected chi connectivity index (χ3v) is 7.91. The molecule has 6 heteroatoms. The summed E-state index contributed by atoms with van der Waals surface area (Å²) in [5, 5.41) is 0. The van der Waals surface area contributed by atoms with Gasteiger partial charge in [-0.15, -0.1) is 0 Å². The Hall–Kier alpha value is -3.48. The van der Waals surface area contributed by atoms with Gasteiger partial charge in [-0.1, -0.05) is 60.7 Å². The molecule has 0 saturated carbocycles. The van der Waals surface area contributed by atoms with Crippen molar-refractivity contribution in [2.45, 2.75) is 31.8 Å². The molecule has 0 bridgehead atoms. The van der Waals surface area contributed by atoms with E-state index in [-0.39, 0.29) is 18.0 Å². The summed E-state index contributed by atoms with van der Waals surface area (Å²) in [6, 6.07) is 28.9. The zero-order valence-corrected chi connectivity index (χ0v) is 21.0. The van der Waals surface area contributed by atoms with E-state index in [0.717, 1.165) is 41.0 Å². The number of anilines is 1. The van der Waals surface area contributed by atoms with Gasteiger partial charge >= 0.3 is 0 Å². The second kappa shape index (κ2) is 11.3. The molecule has 35 heavy (non-hydrogen) atoms. The number of pyridine rings is 1. The van der Waals surface area contributed by atoms with Crippen LogP contribution < -0.4 is 4.90 Å². The van der Waals surface area contributed by atoms with Crippen molar-refractivity contribution in [2.75, 3.05) is 18.0 Å². The quantitative estimate of drug-likeness (QED) is 0.277. The second-order valence-electron chi connectivity index (χ2n) is 8.36. The first-order chi connectivity index (χ1) is 17.0. The van der Waals surface area contributed by atoms with Gasteiger partial charge in [-0.25, -0.2) is 8.42 Å². The fourth-order valence-corrected chi connectivity index (χ4v) is 5.54. The molecule has 0 aliphatic heterocycles. The first kappa shape index (κ1) is 24.6. The van der Waals surface area contributed by atoms with Gasteiger partial charge in [-0.2, -0.15) is 4.31 Å². The van der Waals surface area contributed by atoms with E-state index in [9.17, 15) is 8.42 Å². The molecule has 1 heterocycles. The highest BCUT2D eigenvalue weighted by atomic mass is 32.2. The van der Waals surface area contributed by atoms with Crippen LogP contribution in [0.3, 0.4) is 0 Å². The number of aromatic nitrogens is 1. The van der Waals surface area contributed by atoms with Gasteiger partial charge in [0.15, 0.2) is 0 Å². The zero-order chi connectivity index (χ0) is 24.7. The van der Waals surface area contributed by atoms with Crippen molar-refractivity contribution < 1.29 is 8.42 Å². The van der Waals surface area contributed by atoms with E-state index in [1.165, 1.54) is 4.31 Å². The molecular formula is C29H31N3O2S. The summed E-state index contributed by atoms with van der Waals surface area (Å²) in [5.74, 6) is 0. The predicted octanol–water partition coefficient (Wildman–Crippen LogP) is 5.99. The van der Waals surface area contributed by atoms with E-state index in [4.69, 9.17) is 0 Å². The summed E-state index contributed by atoms with van der Waals surface area (Å²) in [5.41, 5.74) is 4.95. The molecule has 5 nitrogen and oxygen atoms in total. The molecule has 0 saturated heterocycles. The fourth-order valence-electron chi connectivity index (χ4n) is 4.12. The number of rotatable bonds is 10. The first-order valence-electron chi connectivity index (χ1n) is 11.9. The Labute approximate surface area is 208 Å². The molecule has 0 unspecified atom stereocenters. The molecule has 0 amide bonds. The summed E-state index contributed by atoms with van der Waals surface area (Å²) in [4.78, 5) is 6.71. The highest BCUT2D eigenvalue weighted by molar-refractivity contribution is 7.89. The summed E-state index contributed by atoms with van der Waals surface area (Å²) >= 11 is 0. The molecule has 0 aliphatic carbocycles. The maximum absolute atomic E-state index is 13.8. The SMILES string of the molecule is CCN(CC)c1ccc(CN(Cc2cccnc2)S(=O)(=O)c2ccc(-c3ccccc3)cc2)cc1. The van der Waals surface area contributed by atoms with E-state index in [1.807, 2.05) is 66.7 Å². The van der Waals surface area contributed by atoms with Crippen molar-refractivity contribution in [3.63, 3.8) is 0 Å². The molecule has 180 valence electrons. The van der Waals surface area contributed by atoms with Gasteiger partial charge in [0.1, 0.15) is 0 Å². The van der Waals surface area contributed by atoms with Crippen LogP contribution in [-0.2, 0) is 23.1 Å². The van der Waals surface area contributed by atoms with Gasteiger partial charge in [-0.3, -0.25) is 4.98 Å². The van der Waals surface area contributed by atoms with E-state index < -0.39 is 10.0 Å². The van der Waals surface area contributed by atoms with E-state index >= 15 is 0 Å². The van der Waals surface area contributed by atoms with Gasteiger partial charge < -0.3 is 4.90 Å². The molecule has 1 aromatic heterocycles. The van der Waals surface area contributed by atoms with Crippen LogP contribution in [0.4, 0.5) is 5.69 Å². The average Bonchev–Trinajstić information content (AvgIpc) is 2.91. The molecule has 0 fully saturated rings. The van der Waals surface area contributed by atoms with E-state index in [2.05, 4.69) is 35.9 Å². The summed E-state index contributed by atoms with van der Waals surface area (Å²) < 4.78 is 29.0. The summed E-state index contributed by atoms with van der Waals surface area (Å²) in [7, 11) is -3.74. The molecule has 3 aromatic carbocycles. The highest BCUT2D eigenvalue weighted by Crippen LogP contribution is 2.26. The van der Waals surface area contributed by atoms with Crippen LogP contribution in [0.25, 0.3) is 11.1 Å². The van der Waals surface area contributed by atoms with Crippen LogP contribution in [0, 0.1) is 0 Å². The molecular weight excluding hydrogens is 454 g/mol. The molecule has 0 spiro atoms. The molecule has 0 N–H and O–H groups in total. The lowest BCUT2D eigenvalue weighted by Crippen LogP contribution is -2.30. The standard InChI is InChI=1S/C29H31N3O2S/c1-3-31(4-2)28-16-12-24(13-17-28)22-32(23-25-9-8-20-30-21-25)35(33,34)29-18-14-27(15-19-29)26-10-6-5-7-11-26/h5-21H,3-4,22-23H2,1-2H3. The maximum atomic E-state index is 13.8. The number of benzene rings is 3. The lowest BCUT2D eigenvalue weighted by molar-refractivity contribution is 0.400. The zero-order valence-electron chi connectivity index (χ0n) is 20.2. The number of hydrogen-bond donors (Lipinski definition) is 0. The van der Waals surface area contributed by atoms with Gasteiger partial charge in [0.05, 0.1) is 4.90 Å². The fraction of sp³-hybridized carbons (Fsp3) is 0.207. The van der Waals surface area contributed by atoms with Crippen LogP contribution in [0.2, 0.25) is 0 Å². The summed E-state index contributed by atoms with van der Waals surface area (Å²) in [6.07, 6.45) is 3.40. The molecule has 0 radical (unpaired) electrons. The van der Waals surface area contributed by atoms with E-state index in [0.29, 0.717) is 0 Å². The largest absolute Gasteiger partial charge is 0.372 e. The lowest BCUT2D eigenvalue weighted by atomic mass is 10.1. The molecule has 0 aliphatic rings. The van der Waals surface area contributed by atoms with Crippen molar-refractivity contribution >= 4 is 15.7 Å². The smallest absolute Gasteiger partial charge is 0.243 e. The van der Waals surface area contributed by atoms with Crippen molar-refractivity contribution in [3.8, 4) is 11.1 Å². The van der Waals surface area contributed by atoms with Crippen LogP contribution in [0.5, 0.6) is 0 Å². The van der Waals surface area contributed by atoms with Gasteiger partial charge in [0.25, 0.3) is 0 Å². The third-order valence-electron chi connectivity index (χ3n) is 6.10. The number of nitrogens with zero attached hydrogens (tertiary/aromatic N) is 3. The minimum absolute atomic E-state index is 0.244. The Balaban J connectivity index is 1.62.